The van der Waals surface area contributed by atoms with Crippen LogP contribution < -0.4 is 4.74 Å². The second-order valence-electron chi connectivity index (χ2n) is 2.65. The van der Waals surface area contributed by atoms with Gasteiger partial charge in [-0.25, -0.2) is 0 Å². The lowest BCUT2D eigenvalue weighted by Gasteiger charge is -1.98. The average Bonchev–Trinajstić information content (AvgIpc) is 2.60. The average molecular weight is 221 g/mol. The van der Waals surface area contributed by atoms with E-state index in [9.17, 15) is 0 Å². The highest BCUT2D eigenvalue weighted by Gasteiger charge is 2.02. The maximum atomic E-state index is 5.58. The van der Waals surface area contributed by atoms with Crippen LogP contribution in [0.5, 0.6) is 5.19 Å². The molecule has 74 valence electrons. The summed E-state index contributed by atoms with van der Waals surface area (Å²) in [7, 11) is 0. The van der Waals surface area contributed by atoms with Crippen molar-refractivity contribution in [2.45, 2.75) is 32.1 Å². The quantitative estimate of drug-likeness (QED) is 0.546. The van der Waals surface area contributed by atoms with Crippen LogP contribution in [0.15, 0.2) is 0 Å². The summed E-state index contributed by atoms with van der Waals surface area (Å²) in [4.78, 5) is 0. The molecule has 0 unspecified atom stereocenters. The van der Waals surface area contributed by atoms with E-state index in [0.717, 1.165) is 18.0 Å². The first-order valence-electron chi connectivity index (χ1n) is 4.38. The van der Waals surface area contributed by atoms with Crippen molar-refractivity contribution in [1.82, 2.24) is 10.2 Å². The molecule has 0 bridgehead atoms. The van der Waals surface area contributed by atoms with Crippen molar-refractivity contribution in [3.05, 3.63) is 5.01 Å². The Morgan fingerprint density at radius 3 is 2.85 bits per heavy atom. The monoisotopic (exact) mass is 220 g/mol. The summed E-state index contributed by atoms with van der Waals surface area (Å²) in [5, 5.41) is 9.14. The highest BCUT2D eigenvalue weighted by atomic mass is 35.5. The summed E-state index contributed by atoms with van der Waals surface area (Å²) in [6.45, 7) is 2.89. The third-order valence-corrected chi connectivity index (χ3v) is 2.78. The molecule has 0 amide bonds. The number of rotatable bonds is 6. The van der Waals surface area contributed by atoms with E-state index >= 15 is 0 Å². The molecule has 0 N–H and O–H groups in total. The first-order valence-corrected chi connectivity index (χ1v) is 5.73. The lowest BCUT2D eigenvalue weighted by atomic mass is 10.3. The van der Waals surface area contributed by atoms with Crippen LogP contribution in [0.2, 0.25) is 0 Å². The Kier molecular flexibility index (Phi) is 5.08. The Morgan fingerprint density at radius 2 is 2.23 bits per heavy atom. The van der Waals surface area contributed by atoms with Crippen LogP contribution in [-0.4, -0.2) is 16.8 Å². The minimum absolute atomic E-state index is 0.413. The molecule has 0 aliphatic heterocycles. The van der Waals surface area contributed by atoms with Gasteiger partial charge in [0.2, 0.25) is 0 Å². The van der Waals surface area contributed by atoms with Gasteiger partial charge in [0.1, 0.15) is 5.01 Å². The van der Waals surface area contributed by atoms with Crippen molar-refractivity contribution in [3.8, 4) is 5.19 Å². The minimum Gasteiger partial charge on any atom is -0.469 e. The maximum absolute atomic E-state index is 5.58. The molecule has 3 nitrogen and oxygen atoms in total. The van der Waals surface area contributed by atoms with Crippen LogP contribution >= 0.6 is 22.9 Å². The highest BCUT2D eigenvalue weighted by molar-refractivity contribution is 7.13. The third-order valence-electron chi connectivity index (χ3n) is 1.54. The molecule has 0 atom stereocenters. The van der Waals surface area contributed by atoms with Crippen molar-refractivity contribution in [2.24, 2.45) is 0 Å². The molecule has 5 heteroatoms. The van der Waals surface area contributed by atoms with Crippen LogP contribution in [0, 0.1) is 0 Å². The van der Waals surface area contributed by atoms with Gasteiger partial charge < -0.3 is 4.74 Å². The van der Waals surface area contributed by atoms with Crippen LogP contribution in [-0.2, 0) is 5.88 Å². The van der Waals surface area contributed by atoms with Crippen LogP contribution in [0.25, 0.3) is 0 Å². The SMILES string of the molecule is CCCCCOc1nnc(CCl)s1. The Hall–Kier alpha value is -0.350. The largest absolute Gasteiger partial charge is 0.469 e. The van der Waals surface area contributed by atoms with Crippen molar-refractivity contribution in [1.29, 1.82) is 0 Å². The lowest BCUT2D eigenvalue weighted by molar-refractivity contribution is 0.302. The zero-order chi connectivity index (χ0) is 9.52. The van der Waals surface area contributed by atoms with Gasteiger partial charge in [0.25, 0.3) is 5.19 Å². The molecule has 1 heterocycles. The first-order chi connectivity index (χ1) is 6.36. The number of aromatic nitrogens is 2. The Labute approximate surface area is 87.1 Å². The predicted octanol–water partition coefficient (Wildman–Crippen LogP) is 2.85. The Balaban J connectivity index is 2.20. The topological polar surface area (TPSA) is 35.0 Å². The minimum atomic E-state index is 0.413. The van der Waals surface area contributed by atoms with Crippen LogP contribution in [0.1, 0.15) is 31.2 Å². The van der Waals surface area contributed by atoms with Crippen molar-refractivity contribution in [2.75, 3.05) is 6.61 Å². The summed E-state index contributed by atoms with van der Waals surface area (Å²) in [6.07, 6.45) is 3.47. The van der Waals surface area contributed by atoms with Gasteiger partial charge >= 0.3 is 0 Å². The Bertz CT molecular complexity index is 242. The second-order valence-corrected chi connectivity index (χ2v) is 3.94. The predicted molar refractivity (Wildman–Crippen MR) is 54.5 cm³/mol. The number of ether oxygens (including phenoxy) is 1. The standard InChI is InChI=1S/C8H13ClN2OS/c1-2-3-4-5-12-8-11-10-7(6-9)13-8/h2-6H2,1H3. The smallest absolute Gasteiger partial charge is 0.294 e. The van der Waals surface area contributed by atoms with E-state index in [4.69, 9.17) is 16.3 Å². The highest BCUT2D eigenvalue weighted by Crippen LogP contribution is 2.19. The molecule has 0 aliphatic rings. The van der Waals surface area contributed by atoms with Gasteiger partial charge in [0.05, 0.1) is 12.5 Å². The Morgan fingerprint density at radius 1 is 1.38 bits per heavy atom. The first kappa shape index (κ1) is 10.7. The second kappa shape index (κ2) is 6.16. The van der Waals surface area contributed by atoms with E-state index < -0.39 is 0 Å². The number of hydrogen-bond donors (Lipinski definition) is 0. The molecule has 1 rings (SSSR count). The van der Waals surface area contributed by atoms with E-state index in [1.807, 2.05) is 0 Å². The molecule has 0 saturated heterocycles. The lowest BCUT2D eigenvalue weighted by Crippen LogP contribution is -1.96. The summed E-state index contributed by atoms with van der Waals surface area (Å²) in [6, 6.07) is 0. The molecule has 0 aromatic carbocycles. The van der Waals surface area contributed by atoms with E-state index in [-0.39, 0.29) is 0 Å². The van der Waals surface area contributed by atoms with Crippen molar-refractivity contribution >= 4 is 22.9 Å². The zero-order valence-electron chi connectivity index (χ0n) is 7.62. The van der Waals surface area contributed by atoms with Gasteiger partial charge in [0.15, 0.2) is 0 Å². The van der Waals surface area contributed by atoms with Gasteiger partial charge in [-0.15, -0.1) is 21.8 Å². The number of alkyl halides is 1. The maximum Gasteiger partial charge on any atom is 0.294 e. The van der Waals surface area contributed by atoms with E-state index in [1.165, 1.54) is 24.2 Å². The molecule has 0 saturated carbocycles. The summed E-state index contributed by atoms with van der Waals surface area (Å²) in [5.74, 6) is 0.413. The molecule has 1 aromatic rings. The van der Waals surface area contributed by atoms with Crippen LogP contribution in [0.3, 0.4) is 0 Å². The van der Waals surface area contributed by atoms with Crippen LogP contribution in [0.4, 0.5) is 0 Å². The van der Waals surface area contributed by atoms with E-state index in [0.29, 0.717) is 11.1 Å². The molecule has 0 fully saturated rings. The number of hydrogen-bond acceptors (Lipinski definition) is 4. The van der Waals surface area contributed by atoms with Crippen molar-refractivity contribution < 1.29 is 4.74 Å². The van der Waals surface area contributed by atoms with Gasteiger partial charge in [-0.3, -0.25) is 0 Å². The summed E-state index contributed by atoms with van der Waals surface area (Å²) >= 11 is 6.99. The fourth-order valence-electron chi connectivity index (χ4n) is 0.862. The van der Waals surface area contributed by atoms with Crippen molar-refractivity contribution in [3.63, 3.8) is 0 Å². The number of unbranched alkanes of at least 4 members (excludes halogenated alkanes) is 2. The normalized spacial score (nSPS) is 10.3. The van der Waals surface area contributed by atoms with Gasteiger partial charge in [0, 0.05) is 0 Å². The summed E-state index contributed by atoms with van der Waals surface area (Å²) < 4.78 is 5.38. The van der Waals surface area contributed by atoms with Gasteiger partial charge in [-0.1, -0.05) is 31.1 Å². The number of halogens is 1. The molecule has 13 heavy (non-hydrogen) atoms. The summed E-state index contributed by atoms with van der Waals surface area (Å²) in [5.41, 5.74) is 0. The molecule has 0 aliphatic carbocycles. The molecule has 1 aromatic heterocycles. The molecular formula is C8H13ClN2OS. The fraction of sp³-hybridized carbons (Fsp3) is 0.750. The molecule has 0 spiro atoms. The number of nitrogens with zero attached hydrogens (tertiary/aromatic N) is 2. The fourth-order valence-corrected chi connectivity index (χ4v) is 1.64. The van der Waals surface area contributed by atoms with Gasteiger partial charge in [-0.2, -0.15) is 0 Å². The molecule has 0 radical (unpaired) electrons. The van der Waals surface area contributed by atoms with E-state index in [2.05, 4.69) is 17.1 Å². The zero-order valence-corrected chi connectivity index (χ0v) is 9.20. The molecular weight excluding hydrogens is 208 g/mol. The van der Waals surface area contributed by atoms with Gasteiger partial charge in [-0.05, 0) is 6.42 Å². The van der Waals surface area contributed by atoms with E-state index in [1.54, 1.807) is 0 Å². The third kappa shape index (κ3) is 3.91.